The summed E-state index contributed by atoms with van der Waals surface area (Å²) < 4.78 is 26.1. The number of rotatable bonds is 8. The van der Waals surface area contributed by atoms with Crippen LogP contribution in [-0.2, 0) is 23.2 Å². The number of carbonyl (C=O) groups excluding carboxylic acids is 1. The van der Waals surface area contributed by atoms with Crippen molar-refractivity contribution in [3.8, 4) is 22.6 Å². The van der Waals surface area contributed by atoms with Crippen molar-refractivity contribution in [2.24, 2.45) is 5.92 Å². The van der Waals surface area contributed by atoms with E-state index in [-0.39, 0.29) is 17.2 Å². The molecular formula is C28H31FO3. The molecule has 3 rings (SSSR count). The Morgan fingerprint density at radius 2 is 1.56 bits per heavy atom. The summed E-state index contributed by atoms with van der Waals surface area (Å²) in [4.78, 5) is 10.9. The van der Waals surface area contributed by atoms with Crippen LogP contribution < -0.4 is 9.47 Å². The number of hydrogen-bond acceptors (Lipinski definition) is 3. The molecular weight excluding hydrogens is 403 g/mol. The number of halogens is 1. The van der Waals surface area contributed by atoms with E-state index in [0.717, 1.165) is 34.3 Å². The molecule has 0 aliphatic heterocycles. The van der Waals surface area contributed by atoms with Crippen LogP contribution in [0, 0.1) is 11.7 Å². The van der Waals surface area contributed by atoms with Gasteiger partial charge in [-0.15, -0.1) is 0 Å². The summed E-state index contributed by atoms with van der Waals surface area (Å²) in [6.45, 7) is 8.63. The average molecular weight is 435 g/mol. The molecule has 3 aromatic carbocycles. The van der Waals surface area contributed by atoms with Gasteiger partial charge in [-0.3, -0.25) is 0 Å². The van der Waals surface area contributed by atoms with Crippen molar-refractivity contribution in [3.63, 3.8) is 0 Å². The summed E-state index contributed by atoms with van der Waals surface area (Å²) in [6.07, 6.45) is 1.68. The molecule has 0 amide bonds. The highest BCUT2D eigenvalue weighted by Crippen LogP contribution is 2.36. The zero-order valence-electron chi connectivity index (χ0n) is 19.4. The molecule has 0 aliphatic rings. The van der Waals surface area contributed by atoms with E-state index < -0.39 is 0 Å². The summed E-state index contributed by atoms with van der Waals surface area (Å²) in [7, 11) is 1.58. The quantitative estimate of drug-likeness (QED) is 0.368. The summed E-state index contributed by atoms with van der Waals surface area (Å²) in [5, 5.41) is 0. The summed E-state index contributed by atoms with van der Waals surface area (Å²) in [5.74, 6) is 1.08. The normalized spacial score (nSPS) is 12.3. The zero-order valence-corrected chi connectivity index (χ0v) is 19.4. The molecule has 0 saturated carbocycles. The van der Waals surface area contributed by atoms with E-state index in [4.69, 9.17) is 9.47 Å². The van der Waals surface area contributed by atoms with Crippen LogP contribution in [0.15, 0.2) is 60.7 Å². The van der Waals surface area contributed by atoms with Crippen molar-refractivity contribution in [2.45, 2.75) is 46.1 Å². The van der Waals surface area contributed by atoms with E-state index in [9.17, 15) is 9.18 Å². The van der Waals surface area contributed by atoms with Gasteiger partial charge in [0.2, 0.25) is 0 Å². The van der Waals surface area contributed by atoms with Gasteiger partial charge in [-0.1, -0.05) is 52.0 Å². The Morgan fingerprint density at radius 3 is 2.19 bits per heavy atom. The highest BCUT2D eigenvalue weighted by Gasteiger charge is 2.21. The average Bonchev–Trinajstić information content (AvgIpc) is 2.78. The lowest BCUT2D eigenvalue weighted by atomic mass is 9.81. The van der Waals surface area contributed by atoms with E-state index in [2.05, 4.69) is 26.8 Å². The van der Waals surface area contributed by atoms with Crippen LogP contribution in [0.4, 0.5) is 4.39 Å². The molecule has 0 heterocycles. The van der Waals surface area contributed by atoms with Gasteiger partial charge in [0.25, 0.3) is 0 Å². The number of carbonyl (C=O) groups is 1. The molecule has 3 aromatic rings. The van der Waals surface area contributed by atoms with Crippen molar-refractivity contribution < 1.29 is 18.7 Å². The maximum Gasteiger partial charge on any atom is 0.131 e. The molecule has 0 bridgehead atoms. The minimum Gasteiger partial charge on any atom is -0.497 e. The lowest BCUT2D eigenvalue weighted by Crippen LogP contribution is -2.13. The Balaban J connectivity index is 1.86. The Bertz CT molecular complexity index is 1070. The molecule has 0 spiro atoms. The number of hydrogen-bond donors (Lipinski definition) is 0. The monoisotopic (exact) mass is 434 g/mol. The summed E-state index contributed by atoms with van der Waals surface area (Å²) in [5.41, 5.74) is 4.31. The van der Waals surface area contributed by atoms with Crippen molar-refractivity contribution >= 4 is 6.29 Å². The van der Waals surface area contributed by atoms with Gasteiger partial charge >= 0.3 is 0 Å². The van der Waals surface area contributed by atoms with Crippen LogP contribution in [-0.4, -0.2) is 13.4 Å². The van der Waals surface area contributed by atoms with Gasteiger partial charge < -0.3 is 14.3 Å². The van der Waals surface area contributed by atoms with Gasteiger partial charge in [-0.25, -0.2) is 4.39 Å². The predicted molar refractivity (Wildman–Crippen MR) is 127 cm³/mol. The first-order valence-corrected chi connectivity index (χ1v) is 10.9. The third-order valence-corrected chi connectivity index (χ3v) is 5.47. The van der Waals surface area contributed by atoms with Crippen LogP contribution in [0.3, 0.4) is 0 Å². The number of methoxy groups -OCH3 is 1. The van der Waals surface area contributed by atoms with Crippen LogP contribution >= 0.6 is 0 Å². The molecule has 168 valence electrons. The number of benzene rings is 3. The molecule has 32 heavy (non-hydrogen) atoms. The van der Waals surface area contributed by atoms with E-state index in [0.29, 0.717) is 24.3 Å². The van der Waals surface area contributed by atoms with Crippen LogP contribution in [0.2, 0.25) is 0 Å². The van der Waals surface area contributed by atoms with E-state index >= 15 is 0 Å². The second kappa shape index (κ2) is 9.99. The smallest absolute Gasteiger partial charge is 0.131 e. The third kappa shape index (κ3) is 5.76. The van der Waals surface area contributed by atoms with Gasteiger partial charge in [0.05, 0.1) is 7.11 Å². The molecule has 0 unspecified atom stereocenters. The first-order chi connectivity index (χ1) is 15.2. The summed E-state index contributed by atoms with van der Waals surface area (Å²) in [6, 6.07) is 18.7. The molecule has 0 aliphatic carbocycles. The molecule has 1 atom stereocenters. The highest BCUT2D eigenvalue weighted by molar-refractivity contribution is 5.71. The van der Waals surface area contributed by atoms with Crippen molar-refractivity contribution in [3.05, 3.63) is 83.2 Å². The molecule has 3 nitrogen and oxygen atoms in total. The minimum absolute atomic E-state index is 0.00136. The van der Waals surface area contributed by atoms with Gasteiger partial charge in [0.15, 0.2) is 0 Å². The number of ether oxygens (including phenoxy) is 2. The van der Waals surface area contributed by atoms with Crippen LogP contribution in [0.5, 0.6) is 11.5 Å². The standard InChI is InChI=1S/C28H31FO3/c1-19(17-30)14-20-6-9-22(10-7-20)32-18-21-8-12-26(28(2,3)4)24(15-21)25-16-23(31-5)11-13-27(25)29/h6-13,15-17,19H,14,18H2,1-5H3/t19-/m1/s1. The molecule has 0 saturated heterocycles. The Morgan fingerprint density at radius 1 is 0.906 bits per heavy atom. The maximum absolute atomic E-state index is 14.8. The lowest BCUT2D eigenvalue weighted by Gasteiger charge is -2.24. The van der Waals surface area contributed by atoms with Crippen molar-refractivity contribution in [1.29, 1.82) is 0 Å². The van der Waals surface area contributed by atoms with Crippen LogP contribution in [0.1, 0.15) is 44.4 Å². The topological polar surface area (TPSA) is 35.5 Å². The largest absolute Gasteiger partial charge is 0.497 e. The van der Waals surface area contributed by atoms with E-state index in [1.807, 2.05) is 43.3 Å². The van der Waals surface area contributed by atoms with Crippen LogP contribution in [0.25, 0.3) is 11.1 Å². The highest BCUT2D eigenvalue weighted by atomic mass is 19.1. The Kier molecular flexibility index (Phi) is 7.34. The van der Waals surface area contributed by atoms with Gasteiger partial charge in [-0.2, -0.15) is 0 Å². The molecule has 0 fully saturated rings. The van der Waals surface area contributed by atoms with Gasteiger partial charge in [0.1, 0.15) is 30.2 Å². The fourth-order valence-electron chi connectivity index (χ4n) is 3.70. The fourth-order valence-corrected chi connectivity index (χ4v) is 3.70. The van der Waals surface area contributed by atoms with Crippen molar-refractivity contribution in [1.82, 2.24) is 0 Å². The molecule has 0 N–H and O–H groups in total. The predicted octanol–water partition coefficient (Wildman–Crippen LogP) is 6.76. The lowest BCUT2D eigenvalue weighted by molar-refractivity contribution is -0.110. The molecule has 4 heteroatoms. The second-order valence-corrected chi connectivity index (χ2v) is 9.23. The first kappa shape index (κ1) is 23.5. The van der Waals surface area contributed by atoms with Gasteiger partial charge in [0, 0.05) is 11.5 Å². The summed E-state index contributed by atoms with van der Waals surface area (Å²) >= 11 is 0. The number of aldehydes is 1. The zero-order chi connectivity index (χ0) is 23.3. The first-order valence-electron chi connectivity index (χ1n) is 10.9. The van der Waals surface area contributed by atoms with E-state index in [1.54, 1.807) is 19.2 Å². The SMILES string of the molecule is COc1ccc(F)c(-c2cc(COc3ccc(C[C@@H](C)C=O)cc3)ccc2C(C)(C)C)c1. The van der Waals surface area contributed by atoms with Crippen molar-refractivity contribution in [2.75, 3.05) is 7.11 Å². The Labute approximate surface area is 190 Å². The molecule has 0 aromatic heterocycles. The Hall–Kier alpha value is -3.14. The van der Waals surface area contributed by atoms with Gasteiger partial charge in [-0.05, 0) is 70.5 Å². The molecule has 0 radical (unpaired) electrons. The minimum atomic E-state index is -0.283. The third-order valence-electron chi connectivity index (χ3n) is 5.47. The fraction of sp³-hybridized carbons (Fsp3) is 0.321. The maximum atomic E-state index is 14.8. The van der Waals surface area contributed by atoms with E-state index in [1.165, 1.54) is 6.07 Å². The second-order valence-electron chi connectivity index (χ2n) is 9.23.